The molecular weight excluding hydrogens is 297 g/mol. The van der Waals surface area contributed by atoms with E-state index in [0.717, 1.165) is 17.5 Å². The van der Waals surface area contributed by atoms with Crippen molar-refractivity contribution in [1.82, 2.24) is 0 Å². The summed E-state index contributed by atoms with van der Waals surface area (Å²) < 4.78 is 19.6. The molecule has 1 atom stereocenters. The van der Waals surface area contributed by atoms with E-state index in [4.69, 9.17) is 9.84 Å². The molecule has 0 radical (unpaired) electrons. The molecule has 1 aliphatic heterocycles. The van der Waals surface area contributed by atoms with Crippen LogP contribution in [0.4, 0.5) is 14.9 Å². The number of hydrogen-bond donors (Lipinski definition) is 1. The number of hydrogen-bond acceptors (Lipinski definition) is 3. The largest absolute Gasteiger partial charge is 0.444 e. The zero-order valence-corrected chi connectivity index (χ0v) is 12.8. The Morgan fingerprint density at radius 2 is 2.00 bits per heavy atom. The quantitative estimate of drug-likeness (QED) is 0.935. The SMILES string of the molecule is CC[C@H]1CN(c2ccc(-c3ccc(CO)cc3)c(F)c2)C(=O)O1. The number of cyclic esters (lactones) is 1. The Hall–Kier alpha value is -2.40. The minimum absolute atomic E-state index is 0.0443. The Labute approximate surface area is 134 Å². The van der Waals surface area contributed by atoms with Crippen LogP contribution in [0.25, 0.3) is 11.1 Å². The fourth-order valence-electron chi connectivity index (χ4n) is 2.64. The van der Waals surface area contributed by atoms with Crippen LogP contribution >= 0.6 is 0 Å². The number of ether oxygens (including phenoxy) is 1. The van der Waals surface area contributed by atoms with E-state index in [1.54, 1.807) is 36.4 Å². The number of carbonyl (C=O) groups excluding carboxylic acids is 1. The molecule has 4 nitrogen and oxygen atoms in total. The average molecular weight is 315 g/mol. The number of nitrogens with zero attached hydrogens (tertiary/aromatic N) is 1. The lowest BCUT2D eigenvalue weighted by molar-refractivity contribution is 0.139. The van der Waals surface area contributed by atoms with Gasteiger partial charge in [0.1, 0.15) is 11.9 Å². The monoisotopic (exact) mass is 315 g/mol. The zero-order chi connectivity index (χ0) is 16.4. The Morgan fingerprint density at radius 1 is 1.26 bits per heavy atom. The molecule has 0 aromatic heterocycles. The molecule has 120 valence electrons. The average Bonchev–Trinajstić information content (AvgIpc) is 2.96. The van der Waals surface area contributed by atoms with Crippen LogP contribution in [0.2, 0.25) is 0 Å². The molecule has 1 fully saturated rings. The second kappa shape index (κ2) is 6.38. The molecular formula is C18H18FNO3. The highest BCUT2D eigenvalue weighted by atomic mass is 19.1. The summed E-state index contributed by atoms with van der Waals surface area (Å²) >= 11 is 0. The van der Waals surface area contributed by atoms with Crippen molar-refractivity contribution in [1.29, 1.82) is 0 Å². The van der Waals surface area contributed by atoms with Gasteiger partial charge in [0.2, 0.25) is 0 Å². The Morgan fingerprint density at radius 3 is 2.57 bits per heavy atom. The molecule has 0 saturated carbocycles. The summed E-state index contributed by atoms with van der Waals surface area (Å²) in [7, 11) is 0. The Balaban J connectivity index is 1.87. The molecule has 2 aromatic rings. The van der Waals surface area contributed by atoms with E-state index in [2.05, 4.69) is 0 Å². The van der Waals surface area contributed by atoms with Gasteiger partial charge in [-0.1, -0.05) is 31.2 Å². The van der Waals surface area contributed by atoms with Crippen LogP contribution in [-0.2, 0) is 11.3 Å². The lowest BCUT2D eigenvalue weighted by Gasteiger charge is -2.14. The van der Waals surface area contributed by atoms with E-state index in [0.29, 0.717) is 17.8 Å². The van der Waals surface area contributed by atoms with Crippen molar-refractivity contribution in [3.05, 3.63) is 53.8 Å². The van der Waals surface area contributed by atoms with E-state index in [1.165, 1.54) is 11.0 Å². The van der Waals surface area contributed by atoms with Crippen molar-refractivity contribution in [2.75, 3.05) is 11.4 Å². The van der Waals surface area contributed by atoms with Gasteiger partial charge >= 0.3 is 6.09 Å². The maximum absolute atomic E-state index is 14.4. The van der Waals surface area contributed by atoms with Gasteiger partial charge in [0.05, 0.1) is 18.8 Å². The number of aliphatic hydroxyl groups is 1. The first-order valence-corrected chi connectivity index (χ1v) is 7.60. The van der Waals surface area contributed by atoms with E-state index in [1.807, 2.05) is 6.92 Å². The van der Waals surface area contributed by atoms with Crippen LogP contribution < -0.4 is 4.90 Å². The molecule has 0 spiro atoms. The molecule has 1 amide bonds. The predicted molar refractivity (Wildman–Crippen MR) is 85.7 cm³/mol. The summed E-state index contributed by atoms with van der Waals surface area (Å²) in [5.41, 5.74) is 2.45. The maximum atomic E-state index is 14.4. The van der Waals surface area contributed by atoms with Crippen molar-refractivity contribution in [2.24, 2.45) is 0 Å². The fraction of sp³-hybridized carbons (Fsp3) is 0.278. The topological polar surface area (TPSA) is 49.8 Å². The Bertz CT molecular complexity index is 715. The molecule has 3 rings (SSSR count). The second-order valence-corrected chi connectivity index (χ2v) is 5.54. The van der Waals surface area contributed by atoms with Crippen LogP contribution in [0.15, 0.2) is 42.5 Å². The normalized spacial score (nSPS) is 17.4. The fourth-order valence-corrected chi connectivity index (χ4v) is 2.64. The number of amides is 1. The van der Waals surface area contributed by atoms with Crippen molar-refractivity contribution in [3.63, 3.8) is 0 Å². The standard InChI is InChI=1S/C18H18FNO3/c1-2-15-10-20(18(22)23-15)14-7-8-16(17(19)9-14)13-5-3-12(11-21)4-6-13/h3-9,15,21H,2,10-11H2,1H3/t15-/m0/s1. The number of halogens is 1. The van der Waals surface area contributed by atoms with Crippen molar-refractivity contribution in [2.45, 2.75) is 26.1 Å². The van der Waals surface area contributed by atoms with Gasteiger partial charge in [0.25, 0.3) is 0 Å². The number of rotatable bonds is 4. The van der Waals surface area contributed by atoms with Gasteiger partial charge in [-0.2, -0.15) is 0 Å². The molecule has 1 saturated heterocycles. The minimum atomic E-state index is -0.434. The highest BCUT2D eigenvalue weighted by Gasteiger charge is 2.31. The minimum Gasteiger partial charge on any atom is -0.444 e. The zero-order valence-electron chi connectivity index (χ0n) is 12.8. The van der Waals surface area contributed by atoms with Crippen molar-refractivity contribution in [3.8, 4) is 11.1 Å². The second-order valence-electron chi connectivity index (χ2n) is 5.54. The van der Waals surface area contributed by atoms with E-state index in [9.17, 15) is 9.18 Å². The third-order valence-corrected chi connectivity index (χ3v) is 4.04. The molecule has 23 heavy (non-hydrogen) atoms. The van der Waals surface area contributed by atoms with Gasteiger partial charge in [-0.15, -0.1) is 0 Å². The summed E-state index contributed by atoms with van der Waals surface area (Å²) in [5.74, 6) is -0.396. The van der Waals surface area contributed by atoms with Crippen LogP contribution in [0.3, 0.4) is 0 Å². The van der Waals surface area contributed by atoms with Gasteiger partial charge in [0.15, 0.2) is 0 Å². The maximum Gasteiger partial charge on any atom is 0.414 e. The highest BCUT2D eigenvalue weighted by molar-refractivity contribution is 5.90. The molecule has 1 heterocycles. The first-order valence-electron chi connectivity index (χ1n) is 7.60. The summed E-state index contributed by atoms with van der Waals surface area (Å²) in [5, 5.41) is 9.05. The number of benzene rings is 2. The van der Waals surface area contributed by atoms with Gasteiger partial charge < -0.3 is 9.84 Å². The number of anilines is 1. The first-order chi connectivity index (χ1) is 11.1. The molecule has 1 N–H and O–H groups in total. The molecule has 0 bridgehead atoms. The van der Waals surface area contributed by atoms with Gasteiger partial charge in [0, 0.05) is 5.56 Å². The third kappa shape index (κ3) is 3.05. The lowest BCUT2D eigenvalue weighted by Crippen LogP contribution is -2.24. The van der Waals surface area contributed by atoms with Crippen LogP contribution in [0, 0.1) is 5.82 Å². The predicted octanol–water partition coefficient (Wildman–Crippen LogP) is 3.72. The summed E-state index contributed by atoms with van der Waals surface area (Å²) in [4.78, 5) is 13.3. The van der Waals surface area contributed by atoms with Crippen molar-refractivity contribution >= 4 is 11.8 Å². The van der Waals surface area contributed by atoms with E-state index in [-0.39, 0.29) is 12.7 Å². The summed E-state index contributed by atoms with van der Waals surface area (Å²) in [6, 6.07) is 11.8. The van der Waals surface area contributed by atoms with Crippen LogP contribution in [0.1, 0.15) is 18.9 Å². The molecule has 2 aromatic carbocycles. The summed E-state index contributed by atoms with van der Waals surface area (Å²) in [6.45, 7) is 2.35. The number of carbonyl (C=O) groups is 1. The lowest BCUT2D eigenvalue weighted by atomic mass is 10.0. The molecule has 0 unspecified atom stereocenters. The smallest absolute Gasteiger partial charge is 0.414 e. The first kappa shape index (κ1) is 15.5. The molecule has 0 aliphatic carbocycles. The summed E-state index contributed by atoms with van der Waals surface area (Å²) in [6.07, 6.45) is 0.160. The Kier molecular flexibility index (Phi) is 4.30. The van der Waals surface area contributed by atoms with E-state index >= 15 is 0 Å². The van der Waals surface area contributed by atoms with Gasteiger partial charge in [-0.3, -0.25) is 4.90 Å². The highest BCUT2D eigenvalue weighted by Crippen LogP contribution is 2.29. The van der Waals surface area contributed by atoms with Gasteiger partial charge in [-0.05, 0) is 35.7 Å². The third-order valence-electron chi connectivity index (χ3n) is 4.04. The molecule has 5 heteroatoms. The van der Waals surface area contributed by atoms with Crippen LogP contribution in [0.5, 0.6) is 0 Å². The van der Waals surface area contributed by atoms with Crippen LogP contribution in [-0.4, -0.2) is 23.8 Å². The van der Waals surface area contributed by atoms with Crippen molar-refractivity contribution < 1.29 is 19.0 Å². The molecule has 1 aliphatic rings. The van der Waals surface area contributed by atoms with E-state index < -0.39 is 11.9 Å². The number of aliphatic hydroxyl groups excluding tert-OH is 1. The van der Waals surface area contributed by atoms with Gasteiger partial charge in [-0.25, -0.2) is 9.18 Å².